The van der Waals surface area contributed by atoms with Crippen LogP contribution in [0, 0.1) is 0 Å². The van der Waals surface area contributed by atoms with E-state index >= 15 is 0 Å². The van der Waals surface area contributed by atoms with Crippen LogP contribution in [0.5, 0.6) is 0 Å². The molecule has 1 aliphatic rings. The minimum atomic E-state index is -0.0915. The Morgan fingerprint density at radius 1 is 1.03 bits per heavy atom. The maximum absolute atomic E-state index is 13.6. The average Bonchev–Trinajstić information content (AvgIpc) is 3.56. The third-order valence-corrected chi connectivity index (χ3v) is 6.44. The van der Waals surface area contributed by atoms with Crippen LogP contribution < -0.4 is 5.73 Å². The average molecular weight is 422 g/mol. The van der Waals surface area contributed by atoms with Gasteiger partial charge in [-0.3, -0.25) is 4.79 Å². The van der Waals surface area contributed by atoms with Crippen molar-refractivity contribution in [1.82, 2.24) is 14.5 Å². The third-order valence-electron chi connectivity index (χ3n) is 6.44. The molecule has 2 aromatic carbocycles. The van der Waals surface area contributed by atoms with E-state index in [1.54, 1.807) is 0 Å². The van der Waals surface area contributed by atoms with Crippen LogP contribution in [0.4, 0.5) is 5.82 Å². The molecule has 3 heterocycles. The van der Waals surface area contributed by atoms with Crippen molar-refractivity contribution in [3.05, 3.63) is 78.2 Å². The summed E-state index contributed by atoms with van der Waals surface area (Å²) in [4.78, 5) is 22.3. The normalized spacial score (nSPS) is 14.5. The summed E-state index contributed by atoms with van der Waals surface area (Å²) in [6.07, 6.45) is 7.94. The molecule has 0 saturated heterocycles. The largest absolute Gasteiger partial charge is 0.456 e. The second kappa shape index (κ2) is 7.34. The molecule has 5 aromatic rings. The lowest BCUT2D eigenvalue weighted by Crippen LogP contribution is -2.04. The van der Waals surface area contributed by atoms with E-state index in [0.717, 1.165) is 40.8 Å². The molecule has 0 bridgehead atoms. The molecule has 0 aliphatic heterocycles. The van der Waals surface area contributed by atoms with Crippen molar-refractivity contribution in [2.45, 2.75) is 31.7 Å². The first kappa shape index (κ1) is 18.8. The van der Waals surface area contributed by atoms with E-state index < -0.39 is 0 Å². The molecule has 2 N–H and O–H groups in total. The third kappa shape index (κ3) is 2.99. The summed E-state index contributed by atoms with van der Waals surface area (Å²) in [5.41, 5.74) is 9.76. The summed E-state index contributed by atoms with van der Waals surface area (Å²) in [5.74, 6) is 0.979. The predicted octanol–water partition coefficient (Wildman–Crippen LogP) is 5.77. The number of nitrogens with two attached hydrogens (primary N) is 1. The Labute approximate surface area is 184 Å². The molecule has 158 valence electrons. The number of carbonyl (C=O) groups excluding carboxylic acids is 1. The fourth-order valence-electron chi connectivity index (χ4n) is 4.83. The van der Waals surface area contributed by atoms with Gasteiger partial charge in [-0.15, -0.1) is 0 Å². The number of anilines is 1. The van der Waals surface area contributed by atoms with Gasteiger partial charge in [0.2, 0.25) is 0 Å². The van der Waals surface area contributed by atoms with Crippen molar-refractivity contribution in [3.8, 4) is 11.3 Å². The fourth-order valence-corrected chi connectivity index (χ4v) is 4.83. The molecular formula is C26H22N4O2. The van der Waals surface area contributed by atoms with Gasteiger partial charge in [-0.25, -0.2) is 9.97 Å². The number of hydrogen-bond donors (Lipinski definition) is 1. The zero-order valence-electron chi connectivity index (χ0n) is 17.5. The number of nitrogens with zero attached hydrogens (tertiary/aromatic N) is 3. The van der Waals surface area contributed by atoms with Crippen LogP contribution in [-0.4, -0.2) is 20.3 Å². The molecule has 0 atom stereocenters. The lowest BCUT2D eigenvalue weighted by atomic mass is 10.0. The van der Waals surface area contributed by atoms with Crippen molar-refractivity contribution < 1.29 is 9.21 Å². The molecule has 0 unspecified atom stereocenters. The Kier molecular flexibility index (Phi) is 4.31. The van der Waals surface area contributed by atoms with Gasteiger partial charge in [-0.2, -0.15) is 0 Å². The molecule has 0 radical (unpaired) electrons. The van der Waals surface area contributed by atoms with Crippen molar-refractivity contribution in [2.75, 3.05) is 5.73 Å². The number of ketones is 1. The molecule has 0 amide bonds. The Morgan fingerprint density at radius 2 is 1.88 bits per heavy atom. The number of rotatable bonds is 4. The second-order valence-electron chi connectivity index (χ2n) is 8.40. The highest BCUT2D eigenvalue weighted by atomic mass is 16.3. The summed E-state index contributed by atoms with van der Waals surface area (Å²) in [6.45, 7) is 0. The van der Waals surface area contributed by atoms with Crippen LogP contribution in [0.15, 0.2) is 71.5 Å². The van der Waals surface area contributed by atoms with E-state index in [4.69, 9.17) is 10.2 Å². The molecule has 32 heavy (non-hydrogen) atoms. The zero-order valence-corrected chi connectivity index (χ0v) is 17.5. The number of fused-ring (bicyclic) bond motifs is 2. The summed E-state index contributed by atoms with van der Waals surface area (Å²) >= 11 is 0. The smallest absolute Gasteiger partial charge is 0.195 e. The van der Waals surface area contributed by atoms with Gasteiger partial charge in [-0.05, 0) is 31.0 Å². The summed E-state index contributed by atoms with van der Waals surface area (Å²) in [5, 5.41) is 1.67. The molecular weight excluding hydrogens is 400 g/mol. The molecule has 1 saturated carbocycles. The van der Waals surface area contributed by atoms with Crippen LogP contribution in [0.25, 0.3) is 33.3 Å². The monoisotopic (exact) mass is 422 g/mol. The molecule has 6 heteroatoms. The number of hydrogen-bond acceptors (Lipinski definition) is 5. The topological polar surface area (TPSA) is 86.9 Å². The summed E-state index contributed by atoms with van der Waals surface area (Å²) < 4.78 is 8.12. The van der Waals surface area contributed by atoms with Crippen LogP contribution in [0.1, 0.15) is 47.6 Å². The minimum Gasteiger partial charge on any atom is -0.456 e. The number of furan rings is 1. The molecule has 6 rings (SSSR count). The van der Waals surface area contributed by atoms with E-state index in [2.05, 4.69) is 14.5 Å². The maximum Gasteiger partial charge on any atom is 0.195 e. The van der Waals surface area contributed by atoms with Gasteiger partial charge in [0.15, 0.2) is 5.78 Å². The Bertz CT molecular complexity index is 1440. The lowest BCUT2D eigenvalue weighted by molar-refractivity contribution is 0.104. The highest BCUT2D eigenvalue weighted by Crippen LogP contribution is 2.36. The van der Waals surface area contributed by atoms with Gasteiger partial charge in [-0.1, -0.05) is 49.2 Å². The van der Waals surface area contributed by atoms with Crippen LogP contribution in [0.2, 0.25) is 0 Å². The standard InChI is InChI=1S/C26H22N4O2/c27-25-23-20(14-30(19-9-2-3-10-19)26(23)29-15-28-25)24(31)18-8-5-7-16(12-18)22-13-17-6-1-4-11-21(17)32-22/h1,4-8,11-15,19H,2-3,9-10H2,(H2,27,28,29). The Balaban J connectivity index is 1.45. The number of benzene rings is 2. The number of nitrogen functional groups attached to an aromatic ring is 1. The first-order valence-electron chi connectivity index (χ1n) is 10.9. The maximum atomic E-state index is 13.6. The quantitative estimate of drug-likeness (QED) is 0.371. The SMILES string of the molecule is Nc1ncnc2c1c(C(=O)c1cccc(-c3cc4ccccc4o3)c1)cn2C1CCCC1. The second-order valence-corrected chi connectivity index (χ2v) is 8.40. The minimum absolute atomic E-state index is 0.0915. The van der Waals surface area contributed by atoms with Crippen LogP contribution in [-0.2, 0) is 0 Å². The van der Waals surface area contributed by atoms with Gasteiger partial charge < -0.3 is 14.7 Å². The highest BCUT2D eigenvalue weighted by Gasteiger charge is 2.25. The first-order valence-corrected chi connectivity index (χ1v) is 10.9. The van der Waals surface area contributed by atoms with Gasteiger partial charge >= 0.3 is 0 Å². The Hall–Kier alpha value is -3.93. The van der Waals surface area contributed by atoms with Gasteiger partial charge in [0, 0.05) is 28.8 Å². The first-order chi connectivity index (χ1) is 15.7. The van der Waals surface area contributed by atoms with E-state index in [0.29, 0.717) is 28.4 Å². The number of para-hydroxylation sites is 1. The van der Waals surface area contributed by atoms with Crippen LogP contribution in [0.3, 0.4) is 0 Å². The summed E-state index contributed by atoms with van der Waals surface area (Å²) in [7, 11) is 0. The molecule has 0 spiro atoms. The predicted molar refractivity (Wildman–Crippen MR) is 125 cm³/mol. The van der Waals surface area contributed by atoms with Crippen molar-refractivity contribution >= 4 is 33.6 Å². The van der Waals surface area contributed by atoms with Crippen molar-refractivity contribution in [1.29, 1.82) is 0 Å². The molecule has 6 nitrogen and oxygen atoms in total. The Morgan fingerprint density at radius 3 is 2.72 bits per heavy atom. The van der Waals surface area contributed by atoms with Gasteiger partial charge in [0.25, 0.3) is 0 Å². The molecule has 1 fully saturated rings. The summed E-state index contributed by atoms with van der Waals surface area (Å²) in [6, 6.07) is 17.8. The molecule has 3 aromatic heterocycles. The van der Waals surface area contributed by atoms with Crippen LogP contribution >= 0.6 is 0 Å². The highest BCUT2D eigenvalue weighted by molar-refractivity contribution is 6.18. The molecule has 1 aliphatic carbocycles. The van der Waals surface area contributed by atoms with Crippen molar-refractivity contribution in [3.63, 3.8) is 0 Å². The van der Waals surface area contributed by atoms with Crippen molar-refractivity contribution in [2.24, 2.45) is 0 Å². The van der Waals surface area contributed by atoms with E-state index in [1.165, 1.54) is 19.2 Å². The lowest BCUT2D eigenvalue weighted by Gasteiger charge is -2.12. The number of aromatic nitrogens is 3. The van der Waals surface area contributed by atoms with Gasteiger partial charge in [0.1, 0.15) is 29.1 Å². The van der Waals surface area contributed by atoms with E-state index in [9.17, 15) is 4.79 Å². The zero-order chi connectivity index (χ0) is 21.7. The van der Waals surface area contributed by atoms with Gasteiger partial charge in [0.05, 0.1) is 10.9 Å². The fraction of sp³-hybridized carbons (Fsp3) is 0.192. The number of carbonyl (C=O) groups is 1. The van der Waals surface area contributed by atoms with E-state index in [-0.39, 0.29) is 5.78 Å². The van der Waals surface area contributed by atoms with E-state index in [1.807, 2.05) is 60.8 Å².